The SMILES string of the molecule is COCCCN1C2=C(C(=O)CC(C)(C)C2)C(c2cc(I)c(OCc3cccc4ccccc34)c(OC)c2)C2=C1CC(C)(C)CC2=O. The van der Waals surface area contributed by atoms with Gasteiger partial charge in [-0.05, 0) is 86.7 Å². The maximum Gasteiger partial charge on any atom is 0.174 e. The van der Waals surface area contributed by atoms with Crippen LogP contribution in [0.5, 0.6) is 11.5 Å². The molecule has 3 aromatic carbocycles. The van der Waals surface area contributed by atoms with E-state index in [0.29, 0.717) is 44.1 Å². The number of nitrogens with zero attached hydrogens (tertiary/aromatic N) is 1. The molecule has 0 fully saturated rings. The number of hydrogen-bond donors (Lipinski definition) is 0. The van der Waals surface area contributed by atoms with Gasteiger partial charge in [-0.2, -0.15) is 0 Å². The Hall–Kier alpha value is -3.17. The van der Waals surface area contributed by atoms with Crippen LogP contribution in [0.2, 0.25) is 0 Å². The molecular formula is C39H44INO5. The second-order valence-electron chi connectivity index (χ2n) is 14.5. The minimum Gasteiger partial charge on any atom is -0.493 e. The summed E-state index contributed by atoms with van der Waals surface area (Å²) in [5, 5.41) is 2.33. The molecule has 6 rings (SSSR count). The molecule has 0 N–H and O–H groups in total. The van der Waals surface area contributed by atoms with Crippen LogP contribution in [-0.2, 0) is 20.9 Å². The van der Waals surface area contributed by atoms with Crippen molar-refractivity contribution in [2.24, 2.45) is 10.8 Å². The summed E-state index contributed by atoms with van der Waals surface area (Å²) < 4.78 is 18.7. The number of carbonyl (C=O) groups excluding carboxylic acids is 2. The first kappa shape index (κ1) is 32.8. The molecule has 2 aliphatic carbocycles. The lowest BCUT2D eigenvalue weighted by Crippen LogP contribution is -2.44. The Labute approximate surface area is 286 Å². The van der Waals surface area contributed by atoms with Crippen LogP contribution in [0.3, 0.4) is 0 Å². The highest BCUT2D eigenvalue weighted by Gasteiger charge is 2.49. The smallest absolute Gasteiger partial charge is 0.174 e. The average molecular weight is 734 g/mol. The highest BCUT2D eigenvalue weighted by Crippen LogP contribution is 2.55. The molecule has 6 nitrogen and oxygen atoms in total. The zero-order valence-electron chi connectivity index (χ0n) is 27.8. The number of allylic oxidation sites excluding steroid dienone is 4. The normalized spacial score (nSPS) is 19.4. The number of rotatable bonds is 9. The summed E-state index contributed by atoms with van der Waals surface area (Å²) in [6.07, 6.45) is 3.28. The van der Waals surface area contributed by atoms with Crippen molar-refractivity contribution in [1.82, 2.24) is 4.90 Å². The third-order valence-corrected chi connectivity index (χ3v) is 10.4. The molecule has 0 radical (unpaired) electrons. The fourth-order valence-corrected chi connectivity index (χ4v) is 8.41. The number of fused-ring (bicyclic) bond motifs is 1. The summed E-state index contributed by atoms with van der Waals surface area (Å²) in [5.41, 5.74) is 5.33. The van der Waals surface area contributed by atoms with E-state index in [-0.39, 0.29) is 22.4 Å². The first-order valence-electron chi connectivity index (χ1n) is 16.2. The van der Waals surface area contributed by atoms with Gasteiger partial charge in [0.15, 0.2) is 23.1 Å². The molecule has 0 saturated carbocycles. The number of Topliss-reactive ketones (excluding diaryl/α,β-unsaturated/α-hetero) is 2. The second kappa shape index (κ2) is 12.8. The number of carbonyl (C=O) groups is 2. The summed E-state index contributed by atoms with van der Waals surface area (Å²) in [4.78, 5) is 30.7. The molecule has 0 atom stereocenters. The highest BCUT2D eigenvalue weighted by molar-refractivity contribution is 14.1. The molecule has 7 heteroatoms. The number of ketones is 2. The molecule has 0 aromatic heterocycles. The maximum atomic E-state index is 14.2. The Kier molecular flexibility index (Phi) is 9.11. The Morgan fingerprint density at radius 1 is 0.848 bits per heavy atom. The summed E-state index contributed by atoms with van der Waals surface area (Å²) in [7, 11) is 3.36. The zero-order chi connectivity index (χ0) is 32.8. The Bertz CT molecular complexity index is 1710. The van der Waals surface area contributed by atoms with Crippen LogP contribution < -0.4 is 9.47 Å². The van der Waals surface area contributed by atoms with E-state index >= 15 is 0 Å². The summed E-state index contributed by atoms with van der Waals surface area (Å²) in [5.74, 6) is 1.07. The minimum atomic E-state index is -0.439. The number of ether oxygens (including phenoxy) is 3. The van der Waals surface area contributed by atoms with E-state index in [1.807, 2.05) is 18.2 Å². The molecule has 0 bridgehead atoms. The van der Waals surface area contributed by atoms with Crippen LogP contribution in [0, 0.1) is 14.4 Å². The van der Waals surface area contributed by atoms with Crippen LogP contribution in [0.25, 0.3) is 10.8 Å². The van der Waals surface area contributed by atoms with Crippen molar-refractivity contribution < 1.29 is 23.8 Å². The van der Waals surface area contributed by atoms with Gasteiger partial charge in [-0.1, -0.05) is 70.2 Å². The van der Waals surface area contributed by atoms with E-state index in [9.17, 15) is 9.59 Å². The van der Waals surface area contributed by atoms with Gasteiger partial charge in [0.1, 0.15) is 6.61 Å². The van der Waals surface area contributed by atoms with E-state index in [0.717, 1.165) is 61.9 Å². The molecule has 0 amide bonds. The number of benzene rings is 3. The van der Waals surface area contributed by atoms with Gasteiger partial charge >= 0.3 is 0 Å². The average Bonchev–Trinajstić information content (AvgIpc) is 2.99. The summed E-state index contributed by atoms with van der Waals surface area (Å²) in [6, 6.07) is 18.6. The van der Waals surface area contributed by atoms with E-state index in [1.165, 1.54) is 5.39 Å². The van der Waals surface area contributed by atoms with E-state index < -0.39 is 5.92 Å². The molecule has 0 saturated heterocycles. The molecule has 3 aliphatic rings. The first-order valence-corrected chi connectivity index (χ1v) is 17.3. The van der Waals surface area contributed by atoms with Crippen molar-refractivity contribution in [2.75, 3.05) is 27.4 Å². The third-order valence-electron chi connectivity index (χ3n) is 9.59. The molecule has 46 heavy (non-hydrogen) atoms. The lowest BCUT2D eigenvalue weighted by Gasteiger charge is -2.49. The largest absolute Gasteiger partial charge is 0.493 e. The lowest BCUT2D eigenvalue weighted by atomic mass is 9.63. The molecule has 242 valence electrons. The van der Waals surface area contributed by atoms with Crippen molar-refractivity contribution in [3.05, 3.63) is 91.8 Å². The number of halogens is 1. The lowest BCUT2D eigenvalue weighted by molar-refractivity contribution is -0.119. The van der Waals surface area contributed by atoms with Crippen LogP contribution in [-0.4, -0.2) is 43.8 Å². The first-order chi connectivity index (χ1) is 21.9. The van der Waals surface area contributed by atoms with Crippen LogP contribution in [0.1, 0.15) is 76.8 Å². The molecule has 0 unspecified atom stereocenters. The summed E-state index contributed by atoms with van der Waals surface area (Å²) >= 11 is 2.30. The predicted molar refractivity (Wildman–Crippen MR) is 190 cm³/mol. The molecule has 3 aromatic rings. The molecule has 1 aliphatic heterocycles. The van der Waals surface area contributed by atoms with Gasteiger partial charge < -0.3 is 19.1 Å². The third kappa shape index (κ3) is 6.25. The van der Waals surface area contributed by atoms with Crippen molar-refractivity contribution in [3.8, 4) is 11.5 Å². The van der Waals surface area contributed by atoms with Crippen molar-refractivity contribution >= 4 is 44.9 Å². The Morgan fingerprint density at radius 3 is 2.11 bits per heavy atom. The van der Waals surface area contributed by atoms with Crippen LogP contribution in [0.4, 0.5) is 0 Å². The predicted octanol–water partition coefficient (Wildman–Crippen LogP) is 8.75. The minimum absolute atomic E-state index is 0.127. The van der Waals surface area contributed by atoms with Crippen molar-refractivity contribution in [2.45, 2.75) is 72.3 Å². The van der Waals surface area contributed by atoms with Crippen LogP contribution >= 0.6 is 22.6 Å². The number of hydrogen-bond acceptors (Lipinski definition) is 6. The van der Waals surface area contributed by atoms with Gasteiger partial charge in [-0.25, -0.2) is 0 Å². The monoisotopic (exact) mass is 733 g/mol. The second-order valence-corrected chi connectivity index (χ2v) is 15.7. The van der Waals surface area contributed by atoms with Gasteiger partial charge in [-0.15, -0.1) is 0 Å². The zero-order valence-corrected chi connectivity index (χ0v) is 30.0. The molecule has 0 spiro atoms. The molecular weight excluding hydrogens is 689 g/mol. The van der Waals surface area contributed by atoms with Crippen LogP contribution in [0.15, 0.2) is 77.1 Å². The fraction of sp³-hybridized carbons (Fsp3) is 0.436. The van der Waals surface area contributed by atoms with E-state index in [1.54, 1.807) is 14.2 Å². The molecule has 1 heterocycles. The highest BCUT2D eigenvalue weighted by atomic mass is 127. The summed E-state index contributed by atoms with van der Waals surface area (Å²) in [6.45, 7) is 10.4. The van der Waals surface area contributed by atoms with Crippen molar-refractivity contribution in [1.29, 1.82) is 0 Å². The van der Waals surface area contributed by atoms with Gasteiger partial charge in [-0.3, -0.25) is 9.59 Å². The number of methoxy groups -OCH3 is 2. The Morgan fingerprint density at radius 2 is 1.48 bits per heavy atom. The Balaban J connectivity index is 1.46. The van der Waals surface area contributed by atoms with Gasteiger partial charge in [0.2, 0.25) is 0 Å². The van der Waals surface area contributed by atoms with Gasteiger partial charge in [0.05, 0.1) is 10.7 Å². The fourth-order valence-electron chi connectivity index (χ4n) is 7.63. The topological polar surface area (TPSA) is 65.1 Å². The standard InChI is InChI=1S/C39H44INO5/c1-38(2)19-29-35(31(42)21-38)34(36-30(41(29)15-10-16-44-5)20-39(3,4)22-32(36)43)26-17-28(40)37(33(18-26)45-6)46-23-25-13-9-12-24-11-7-8-14-27(24)25/h7-9,11-14,17-18,34H,10,15-16,19-23H2,1-6H3. The quantitative estimate of drug-likeness (QED) is 0.162. The maximum absolute atomic E-state index is 14.2. The van der Waals surface area contributed by atoms with E-state index in [4.69, 9.17) is 14.2 Å². The van der Waals surface area contributed by atoms with Crippen molar-refractivity contribution in [3.63, 3.8) is 0 Å². The van der Waals surface area contributed by atoms with Gasteiger partial charge in [0.25, 0.3) is 0 Å². The van der Waals surface area contributed by atoms with E-state index in [2.05, 4.69) is 91.6 Å². The van der Waals surface area contributed by atoms with Gasteiger partial charge in [0, 0.05) is 61.6 Å².